The van der Waals surface area contributed by atoms with Crippen molar-refractivity contribution in [3.8, 4) is 11.1 Å². The molecule has 0 radical (unpaired) electrons. The first-order valence-electron chi connectivity index (χ1n) is 11.6. The van der Waals surface area contributed by atoms with Gasteiger partial charge in [0.2, 0.25) is 5.91 Å². The standard InChI is InChI=1S/C26H28N2O5/c29-24(30)12-23(15-9-10-15)28-25(31)21-11-16(21)13-27-26(32)33-14-22-19-7-3-1-5-17(19)18-6-2-4-8-20(18)22/h1-8,15-16,21-23H,9-14H2,(H,27,32)(H,28,31)(H,29,30)/t16-,21-,23?/m1/s1. The molecule has 0 aromatic heterocycles. The fourth-order valence-electron chi connectivity index (χ4n) is 4.97. The van der Waals surface area contributed by atoms with Crippen molar-refractivity contribution in [1.82, 2.24) is 10.6 Å². The highest BCUT2D eigenvalue weighted by molar-refractivity contribution is 5.83. The molecule has 3 aliphatic rings. The Morgan fingerprint density at radius 1 is 1.00 bits per heavy atom. The van der Waals surface area contributed by atoms with E-state index in [0.717, 1.165) is 24.0 Å². The summed E-state index contributed by atoms with van der Waals surface area (Å²) in [5.41, 5.74) is 4.69. The van der Waals surface area contributed by atoms with Crippen LogP contribution in [0.5, 0.6) is 0 Å². The van der Waals surface area contributed by atoms with Gasteiger partial charge in [-0.1, -0.05) is 48.5 Å². The number of alkyl carbamates (subject to hydrolysis) is 1. The Morgan fingerprint density at radius 3 is 2.24 bits per heavy atom. The first-order valence-corrected chi connectivity index (χ1v) is 11.6. The number of carboxylic acids is 1. The van der Waals surface area contributed by atoms with E-state index >= 15 is 0 Å². The summed E-state index contributed by atoms with van der Waals surface area (Å²) >= 11 is 0. The molecule has 2 fully saturated rings. The molecule has 0 spiro atoms. The largest absolute Gasteiger partial charge is 0.481 e. The van der Waals surface area contributed by atoms with E-state index in [1.54, 1.807) is 0 Å². The number of hydrogen-bond acceptors (Lipinski definition) is 4. The molecular weight excluding hydrogens is 420 g/mol. The number of nitrogens with one attached hydrogen (secondary N) is 2. The summed E-state index contributed by atoms with van der Waals surface area (Å²) in [7, 11) is 0. The number of fused-ring (bicyclic) bond motifs is 3. The van der Waals surface area contributed by atoms with Gasteiger partial charge in [-0.15, -0.1) is 0 Å². The zero-order valence-corrected chi connectivity index (χ0v) is 18.3. The quantitative estimate of drug-likeness (QED) is 0.544. The number of hydrogen-bond donors (Lipinski definition) is 3. The van der Waals surface area contributed by atoms with Gasteiger partial charge < -0.3 is 20.5 Å². The number of benzene rings is 2. The van der Waals surface area contributed by atoms with E-state index in [9.17, 15) is 14.4 Å². The SMILES string of the molecule is O=C(O)CC(NC(=O)[C@@H]1C[C@@H]1CNC(=O)OCC1c2ccccc2-c2ccccc21)C1CC1. The maximum absolute atomic E-state index is 12.5. The Bertz CT molecular complexity index is 1030. The lowest BCUT2D eigenvalue weighted by Gasteiger charge is -2.16. The molecular formula is C26H28N2O5. The monoisotopic (exact) mass is 448 g/mol. The van der Waals surface area contributed by atoms with E-state index in [1.165, 1.54) is 11.1 Å². The van der Waals surface area contributed by atoms with Crippen molar-refractivity contribution in [2.75, 3.05) is 13.2 Å². The summed E-state index contributed by atoms with van der Waals surface area (Å²) in [5.74, 6) is -0.814. The third-order valence-corrected chi connectivity index (χ3v) is 7.02. The number of carboxylic acid groups (broad SMARTS) is 1. The predicted octanol–water partition coefficient (Wildman–Crippen LogP) is 3.53. The van der Waals surface area contributed by atoms with Crippen molar-refractivity contribution < 1.29 is 24.2 Å². The predicted molar refractivity (Wildman–Crippen MR) is 122 cm³/mol. The van der Waals surface area contributed by atoms with E-state index in [-0.39, 0.29) is 48.6 Å². The highest BCUT2D eigenvalue weighted by Gasteiger charge is 2.45. The molecule has 3 aliphatic carbocycles. The van der Waals surface area contributed by atoms with Crippen LogP contribution < -0.4 is 10.6 Å². The zero-order valence-electron chi connectivity index (χ0n) is 18.3. The molecule has 1 unspecified atom stereocenters. The van der Waals surface area contributed by atoms with Gasteiger partial charge in [0.1, 0.15) is 6.61 Å². The van der Waals surface area contributed by atoms with Gasteiger partial charge in [0.15, 0.2) is 0 Å². The Balaban J connectivity index is 1.09. The number of aliphatic carboxylic acids is 1. The lowest BCUT2D eigenvalue weighted by Crippen LogP contribution is -2.39. The van der Waals surface area contributed by atoms with Crippen molar-refractivity contribution in [3.63, 3.8) is 0 Å². The van der Waals surface area contributed by atoms with Gasteiger partial charge >= 0.3 is 12.1 Å². The molecule has 2 aromatic carbocycles. The highest BCUT2D eigenvalue weighted by Crippen LogP contribution is 2.44. The van der Waals surface area contributed by atoms with Gasteiger partial charge in [0, 0.05) is 24.4 Å². The molecule has 2 aromatic rings. The van der Waals surface area contributed by atoms with Gasteiger partial charge in [0.25, 0.3) is 0 Å². The topological polar surface area (TPSA) is 105 Å². The van der Waals surface area contributed by atoms with E-state index in [2.05, 4.69) is 34.9 Å². The summed E-state index contributed by atoms with van der Waals surface area (Å²) in [6.45, 7) is 0.633. The van der Waals surface area contributed by atoms with Crippen molar-refractivity contribution in [1.29, 1.82) is 0 Å². The van der Waals surface area contributed by atoms with Gasteiger partial charge in [-0.2, -0.15) is 0 Å². The van der Waals surface area contributed by atoms with Crippen LogP contribution >= 0.6 is 0 Å². The normalized spacial score (nSPS) is 21.5. The smallest absolute Gasteiger partial charge is 0.407 e. The molecule has 3 N–H and O–H groups in total. The van der Waals surface area contributed by atoms with Gasteiger partial charge in [0.05, 0.1) is 6.42 Å². The molecule has 0 bridgehead atoms. The first-order chi connectivity index (χ1) is 16.0. The molecule has 0 aliphatic heterocycles. The molecule has 2 amide bonds. The first kappa shape index (κ1) is 21.5. The number of amides is 2. The summed E-state index contributed by atoms with van der Waals surface area (Å²) in [6.07, 6.45) is 2.11. The average Bonchev–Trinajstić information content (AvgIpc) is 3.72. The van der Waals surface area contributed by atoms with Gasteiger partial charge in [-0.05, 0) is 53.4 Å². The van der Waals surface area contributed by atoms with Crippen LogP contribution in [0.3, 0.4) is 0 Å². The minimum atomic E-state index is -0.892. The van der Waals surface area contributed by atoms with E-state index in [1.807, 2.05) is 24.3 Å². The molecule has 0 saturated heterocycles. The number of rotatable bonds is 9. The van der Waals surface area contributed by atoms with Crippen LogP contribution in [0.1, 0.15) is 42.7 Å². The molecule has 33 heavy (non-hydrogen) atoms. The van der Waals surface area contributed by atoms with Crippen molar-refractivity contribution in [2.45, 2.75) is 37.6 Å². The van der Waals surface area contributed by atoms with Gasteiger partial charge in [-0.3, -0.25) is 9.59 Å². The van der Waals surface area contributed by atoms with E-state index < -0.39 is 12.1 Å². The Kier molecular flexibility index (Phi) is 5.79. The van der Waals surface area contributed by atoms with Crippen molar-refractivity contribution in [3.05, 3.63) is 59.7 Å². The van der Waals surface area contributed by atoms with Crippen LogP contribution in [0.4, 0.5) is 4.79 Å². The minimum Gasteiger partial charge on any atom is -0.481 e. The van der Waals surface area contributed by atoms with Crippen LogP contribution in [0, 0.1) is 17.8 Å². The van der Waals surface area contributed by atoms with Crippen LogP contribution in [0.2, 0.25) is 0 Å². The van der Waals surface area contributed by atoms with Crippen molar-refractivity contribution >= 4 is 18.0 Å². The summed E-state index contributed by atoms with van der Waals surface area (Å²) in [5, 5.41) is 14.7. The van der Waals surface area contributed by atoms with Crippen LogP contribution in [0.15, 0.2) is 48.5 Å². The second-order valence-electron chi connectivity index (χ2n) is 9.36. The number of carbonyl (C=O) groups excluding carboxylic acids is 2. The summed E-state index contributed by atoms with van der Waals surface area (Å²) in [4.78, 5) is 35.8. The molecule has 3 atom stereocenters. The Hall–Kier alpha value is -3.35. The Morgan fingerprint density at radius 2 is 1.64 bits per heavy atom. The second-order valence-corrected chi connectivity index (χ2v) is 9.36. The molecule has 0 heterocycles. The number of ether oxygens (including phenoxy) is 1. The van der Waals surface area contributed by atoms with E-state index in [4.69, 9.17) is 9.84 Å². The zero-order chi connectivity index (χ0) is 22.9. The maximum atomic E-state index is 12.5. The fourth-order valence-corrected chi connectivity index (χ4v) is 4.97. The highest BCUT2D eigenvalue weighted by atomic mass is 16.5. The molecule has 2 saturated carbocycles. The third kappa shape index (κ3) is 4.72. The molecule has 7 nitrogen and oxygen atoms in total. The average molecular weight is 449 g/mol. The maximum Gasteiger partial charge on any atom is 0.407 e. The fraction of sp³-hybridized carbons (Fsp3) is 0.423. The van der Waals surface area contributed by atoms with E-state index in [0.29, 0.717) is 13.0 Å². The number of carbonyl (C=O) groups is 3. The third-order valence-electron chi connectivity index (χ3n) is 7.02. The second kappa shape index (κ2) is 8.89. The van der Waals surface area contributed by atoms with Crippen LogP contribution in [-0.4, -0.2) is 42.3 Å². The molecule has 7 heteroatoms. The summed E-state index contributed by atoms with van der Waals surface area (Å²) in [6, 6.07) is 16.1. The lowest BCUT2D eigenvalue weighted by molar-refractivity contribution is -0.138. The van der Waals surface area contributed by atoms with Crippen molar-refractivity contribution in [2.24, 2.45) is 17.8 Å². The Labute approximate surface area is 192 Å². The molecule has 172 valence electrons. The summed E-state index contributed by atoms with van der Waals surface area (Å²) < 4.78 is 5.55. The van der Waals surface area contributed by atoms with Gasteiger partial charge in [-0.25, -0.2) is 4.79 Å². The lowest BCUT2D eigenvalue weighted by atomic mass is 9.98. The van der Waals surface area contributed by atoms with Crippen LogP contribution in [-0.2, 0) is 14.3 Å². The molecule has 5 rings (SSSR count). The minimum absolute atomic E-state index is 0.0104. The van der Waals surface area contributed by atoms with Crippen LogP contribution in [0.25, 0.3) is 11.1 Å².